The number of rotatable bonds is 2. The first kappa shape index (κ1) is 13.7. The van der Waals surface area contributed by atoms with Crippen LogP contribution < -0.4 is 5.32 Å². The number of aromatic amines is 1. The molecule has 0 atom stereocenters. The van der Waals surface area contributed by atoms with Crippen molar-refractivity contribution in [2.45, 2.75) is 6.54 Å². The Kier molecular flexibility index (Phi) is 4.82. The highest BCUT2D eigenvalue weighted by Crippen LogP contribution is 2.14. The highest BCUT2D eigenvalue weighted by molar-refractivity contribution is 6.27. The van der Waals surface area contributed by atoms with E-state index in [9.17, 15) is 0 Å². The van der Waals surface area contributed by atoms with Gasteiger partial charge in [0.05, 0.1) is 0 Å². The van der Waals surface area contributed by atoms with Crippen LogP contribution in [0.25, 0.3) is 11.0 Å². The molecule has 0 aliphatic carbocycles. The lowest BCUT2D eigenvalue weighted by Gasteiger charge is -1.94. The van der Waals surface area contributed by atoms with Gasteiger partial charge in [0.15, 0.2) is 0 Å². The molecule has 0 unspecified atom stereocenters. The summed E-state index contributed by atoms with van der Waals surface area (Å²) in [6, 6.07) is 4.03. The highest BCUT2D eigenvalue weighted by atomic mass is 16.4. The van der Waals surface area contributed by atoms with Crippen molar-refractivity contribution in [1.82, 2.24) is 15.3 Å². The van der Waals surface area contributed by atoms with Gasteiger partial charge in [-0.25, -0.2) is 14.6 Å². The summed E-state index contributed by atoms with van der Waals surface area (Å²) in [7, 11) is 1.94. The standard InChI is InChI=1S/C9H11N3.C2H2O4/c1-10-5-7-6-12-9-8(7)3-2-4-11-9;3-1(4)2(5)6/h2-4,6,10H,5H2,1H3,(H,11,12);(H,3,4)(H,5,6). The first-order chi connectivity index (χ1) is 8.56. The summed E-state index contributed by atoms with van der Waals surface area (Å²) in [5.74, 6) is -3.65. The molecule has 0 radical (unpaired) electrons. The summed E-state index contributed by atoms with van der Waals surface area (Å²) in [6.45, 7) is 0.881. The van der Waals surface area contributed by atoms with Crippen molar-refractivity contribution in [3.05, 3.63) is 30.1 Å². The Bertz CT molecular complexity index is 538. The van der Waals surface area contributed by atoms with Crippen molar-refractivity contribution in [2.75, 3.05) is 7.05 Å². The van der Waals surface area contributed by atoms with Crippen LogP contribution in [0.2, 0.25) is 0 Å². The van der Waals surface area contributed by atoms with E-state index in [-0.39, 0.29) is 0 Å². The predicted molar refractivity (Wildman–Crippen MR) is 64.1 cm³/mol. The van der Waals surface area contributed by atoms with Gasteiger partial charge in [0, 0.05) is 24.3 Å². The normalized spacial score (nSPS) is 9.61. The molecule has 0 saturated heterocycles. The SMILES string of the molecule is CNCc1c[nH]c2ncccc12.O=C(O)C(=O)O. The summed E-state index contributed by atoms with van der Waals surface area (Å²) in [5, 5.41) is 19.1. The zero-order chi connectivity index (χ0) is 13.5. The fraction of sp³-hybridized carbons (Fsp3) is 0.182. The van der Waals surface area contributed by atoms with Crippen LogP contribution in [0.5, 0.6) is 0 Å². The van der Waals surface area contributed by atoms with Crippen LogP contribution in [0.1, 0.15) is 5.56 Å². The van der Waals surface area contributed by atoms with Gasteiger partial charge >= 0.3 is 11.9 Å². The van der Waals surface area contributed by atoms with E-state index in [1.807, 2.05) is 19.3 Å². The second kappa shape index (κ2) is 6.36. The fourth-order valence-electron chi connectivity index (χ4n) is 1.35. The zero-order valence-corrected chi connectivity index (χ0v) is 9.67. The quantitative estimate of drug-likeness (QED) is 0.575. The van der Waals surface area contributed by atoms with Crippen LogP contribution in [0, 0.1) is 0 Å². The highest BCUT2D eigenvalue weighted by Gasteiger charge is 2.04. The maximum absolute atomic E-state index is 9.10. The van der Waals surface area contributed by atoms with Crippen LogP contribution in [0.4, 0.5) is 0 Å². The molecule has 96 valence electrons. The van der Waals surface area contributed by atoms with E-state index >= 15 is 0 Å². The number of hydrogen-bond donors (Lipinski definition) is 4. The second-order valence-corrected chi connectivity index (χ2v) is 3.35. The topological polar surface area (TPSA) is 115 Å². The van der Waals surface area contributed by atoms with E-state index in [0.29, 0.717) is 0 Å². The predicted octanol–water partition coefficient (Wildman–Crippen LogP) is 0.438. The number of nitrogens with zero attached hydrogens (tertiary/aromatic N) is 1. The first-order valence-corrected chi connectivity index (χ1v) is 5.08. The van der Waals surface area contributed by atoms with Crippen molar-refractivity contribution in [3.8, 4) is 0 Å². The smallest absolute Gasteiger partial charge is 0.414 e. The average molecular weight is 251 g/mol. The van der Waals surface area contributed by atoms with E-state index in [0.717, 1.165) is 12.2 Å². The molecule has 18 heavy (non-hydrogen) atoms. The van der Waals surface area contributed by atoms with E-state index in [1.165, 1.54) is 10.9 Å². The molecule has 2 aromatic heterocycles. The third-order valence-electron chi connectivity index (χ3n) is 2.09. The summed E-state index contributed by atoms with van der Waals surface area (Å²) < 4.78 is 0. The number of fused-ring (bicyclic) bond motifs is 1. The molecule has 0 saturated carbocycles. The van der Waals surface area contributed by atoms with Gasteiger partial charge in [0.1, 0.15) is 5.65 Å². The molecule has 2 aromatic rings. The largest absolute Gasteiger partial charge is 0.473 e. The number of nitrogens with one attached hydrogen (secondary N) is 2. The van der Waals surface area contributed by atoms with Crippen molar-refractivity contribution in [2.24, 2.45) is 0 Å². The molecule has 0 aliphatic rings. The summed E-state index contributed by atoms with van der Waals surface area (Å²) in [6.07, 6.45) is 3.79. The Labute approximate surface area is 102 Å². The van der Waals surface area contributed by atoms with Crippen molar-refractivity contribution in [1.29, 1.82) is 0 Å². The molecule has 0 aromatic carbocycles. The van der Waals surface area contributed by atoms with Crippen LogP contribution in [0.3, 0.4) is 0 Å². The Morgan fingerprint density at radius 2 is 2.06 bits per heavy atom. The number of aromatic nitrogens is 2. The van der Waals surface area contributed by atoms with Crippen molar-refractivity contribution < 1.29 is 19.8 Å². The maximum Gasteiger partial charge on any atom is 0.414 e. The zero-order valence-electron chi connectivity index (χ0n) is 9.67. The molecule has 7 nitrogen and oxygen atoms in total. The first-order valence-electron chi connectivity index (χ1n) is 5.08. The van der Waals surface area contributed by atoms with E-state index < -0.39 is 11.9 Å². The Morgan fingerprint density at radius 3 is 2.61 bits per heavy atom. The number of H-pyrrole nitrogens is 1. The van der Waals surface area contributed by atoms with Gasteiger partial charge < -0.3 is 20.5 Å². The molecule has 0 amide bonds. The minimum atomic E-state index is -1.82. The molecule has 7 heteroatoms. The second-order valence-electron chi connectivity index (χ2n) is 3.35. The van der Waals surface area contributed by atoms with Crippen molar-refractivity contribution in [3.63, 3.8) is 0 Å². The minimum Gasteiger partial charge on any atom is -0.473 e. The summed E-state index contributed by atoms with van der Waals surface area (Å²) >= 11 is 0. The van der Waals surface area contributed by atoms with Gasteiger partial charge in [-0.15, -0.1) is 0 Å². The van der Waals surface area contributed by atoms with Crippen molar-refractivity contribution >= 4 is 23.0 Å². The molecule has 0 spiro atoms. The van der Waals surface area contributed by atoms with E-state index in [2.05, 4.69) is 21.4 Å². The number of aliphatic carboxylic acids is 2. The molecule has 0 bridgehead atoms. The number of carboxylic acids is 2. The number of hydrogen-bond acceptors (Lipinski definition) is 4. The molecular formula is C11H13N3O4. The molecule has 2 heterocycles. The fourth-order valence-corrected chi connectivity index (χ4v) is 1.35. The third kappa shape index (κ3) is 3.56. The maximum atomic E-state index is 9.10. The molecule has 2 rings (SSSR count). The summed E-state index contributed by atoms with van der Waals surface area (Å²) in [5.41, 5.74) is 2.23. The van der Waals surface area contributed by atoms with Crippen LogP contribution in [-0.4, -0.2) is 39.2 Å². The monoisotopic (exact) mass is 251 g/mol. The number of pyridine rings is 1. The van der Waals surface area contributed by atoms with Gasteiger partial charge in [-0.2, -0.15) is 0 Å². The Hall–Kier alpha value is -2.41. The minimum absolute atomic E-state index is 0.881. The lowest BCUT2D eigenvalue weighted by Crippen LogP contribution is -2.09. The van der Waals surface area contributed by atoms with Crippen LogP contribution in [0.15, 0.2) is 24.5 Å². The molecule has 0 aliphatic heterocycles. The lowest BCUT2D eigenvalue weighted by atomic mass is 10.2. The van der Waals surface area contributed by atoms with Crippen LogP contribution >= 0.6 is 0 Å². The Balaban J connectivity index is 0.000000232. The molecule has 4 N–H and O–H groups in total. The average Bonchev–Trinajstić information content (AvgIpc) is 2.74. The van der Waals surface area contributed by atoms with Gasteiger partial charge in [-0.05, 0) is 24.7 Å². The van der Waals surface area contributed by atoms with Gasteiger partial charge in [-0.1, -0.05) is 0 Å². The Morgan fingerprint density at radius 1 is 1.39 bits per heavy atom. The van der Waals surface area contributed by atoms with Gasteiger partial charge in [0.25, 0.3) is 0 Å². The lowest BCUT2D eigenvalue weighted by molar-refractivity contribution is -0.159. The van der Waals surface area contributed by atoms with Crippen LogP contribution in [-0.2, 0) is 16.1 Å². The molecule has 0 fully saturated rings. The van der Waals surface area contributed by atoms with Gasteiger partial charge in [-0.3, -0.25) is 0 Å². The number of carbonyl (C=O) groups is 2. The summed E-state index contributed by atoms with van der Waals surface area (Å²) in [4.78, 5) is 25.5. The van der Waals surface area contributed by atoms with E-state index in [1.54, 1.807) is 6.20 Å². The third-order valence-corrected chi connectivity index (χ3v) is 2.09. The number of carboxylic acid groups (broad SMARTS) is 2. The van der Waals surface area contributed by atoms with Gasteiger partial charge in [0.2, 0.25) is 0 Å². The van der Waals surface area contributed by atoms with E-state index in [4.69, 9.17) is 19.8 Å². The molecular weight excluding hydrogens is 238 g/mol.